The van der Waals surface area contributed by atoms with Crippen LogP contribution in [0.4, 0.5) is 5.69 Å². The highest BCUT2D eigenvalue weighted by molar-refractivity contribution is 5.92. The minimum absolute atomic E-state index is 0.0994. The largest absolute Gasteiger partial charge is 0.497 e. The van der Waals surface area contributed by atoms with E-state index in [2.05, 4.69) is 22.4 Å². The first-order valence-corrected chi connectivity index (χ1v) is 8.67. The number of rotatable bonds is 8. The molecule has 1 heterocycles. The van der Waals surface area contributed by atoms with Crippen molar-refractivity contribution in [3.8, 4) is 23.0 Å². The molecule has 3 aromatic rings. The Kier molecular flexibility index (Phi) is 6.04. The van der Waals surface area contributed by atoms with Gasteiger partial charge in [0.05, 0.1) is 7.11 Å². The highest BCUT2D eigenvalue weighted by Crippen LogP contribution is 2.22. The van der Waals surface area contributed by atoms with Gasteiger partial charge in [0, 0.05) is 23.7 Å². The van der Waals surface area contributed by atoms with Crippen LogP contribution in [-0.4, -0.2) is 29.8 Å². The maximum atomic E-state index is 12.0. The molecule has 0 radical (unpaired) electrons. The summed E-state index contributed by atoms with van der Waals surface area (Å²) in [5.41, 5.74) is 1.45. The molecule has 0 bridgehead atoms. The number of carbonyl (C=O) groups excluding carboxylic acids is 1. The van der Waals surface area contributed by atoms with Crippen molar-refractivity contribution in [3.05, 3.63) is 54.4 Å². The van der Waals surface area contributed by atoms with E-state index in [0.29, 0.717) is 29.0 Å². The van der Waals surface area contributed by atoms with E-state index < -0.39 is 0 Å². The zero-order valence-corrected chi connectivity index (χ0v) is 15.3. The fourth-order valence-electron chi connectivity index (χ4n) is 2.43. The summed E-state index contributed by atoms with van der Waals surface area (Å²) >= 11 is 0. The van der Waals surface area contributed by atoms with Crippen LogP contribution in [0.1, 0.15) is 19.2 Å². The monoisotopic (exact) mass is 367 g/mol. The van der Waals surface area contributed by atoms with Crippen LogP contribution in [0.5, 0.6) is 11.5 Å². The Balaban J connectivity index is 1.54. The molecule has 0 aliphatic heterocycles. The maximum absolute atomic E-state index is 12.0. The van der Waals surface area contributed by atoms with Gasteiger partial charge in [-0.1, -0.05) is 13.0 Å². The first-order chi connectivity index (χ1) is 13.2. The van der Waals surface area contributed by atoms with Crippen molar-refractivity contribution >= 4 is 11.6 Å². The molecule has 0 aliphatic carbocycles. The molecule has 1 amide bonds. The zero-order valence-electron chi connectivity index (χ0n) is 15.3. The number of hydrogen-bond acceptors (Lipinski definition) is 6. The third-order valence-electron chi connectivity index (χ3n) is 3.76. The second-order valence-electron chi connectivity index (χ2n) is 5.84. The Labute approximate surface area is 157 Å². The van der Waals surface area contributed by atoms with E-state index in [1.54, 1.807) is 37.4 Å². The summed E-state index contributed by atoms with van der Waals surface area (Å²) in [5, 5.41) is 10.8. The summed E-state index contributed by atoms with van der Waals surface area (Å²) in [6.45, 7) is 1.96. The molecule has 0 atom stereocenters. The number of aromatic nitrogens is 2. The van der Waals surface area contributed by atoms with E-state index in [1.807, 2.05) is 18.2 Å². The van der Waals surface area contributed by atoms with Crippen LogP contribution >= 0.6 is 0 Å². The summed E-state index contributed by atoms with van der Waals surface area (Å²) < 4.78 is 16.2. The summed E-state index contributed by atoms with van der Waals surface area (Å²) in [5.74, 6) is 2.09. The topological polar surface area (TPSA) is 86.5 Å². The fourth-order valence-corrected chi connectivity index (χ4v) is 2.43. The molecule has 0 saturated heterocycles. The zero-order chi connectivity index (χ0) is 19.1. The highest BCUT2D eigenvalue weighted by atomic mass is 16.5. The van der Waals surface area contributed by atoms with Crippen LogP contribution in [0.25, 0.3) is 11.5 Å². The van der Waals surface area contributed by atoms with Crippen molar-refractivity contribution in [1.82, 2.24) is 10.2 Å². The molecule has 7 nitrogen and oxygen atoms in total. The van der Waals surface area contributed by atoms with Gasteiger partial charge in [0.25, 0.3) is 5.91 Å². The molecular weight excluding hydrogens is 346 g/mol. The lowest BCUT2D eigenvalue weighted by Crippen LogP contribution is -2.20. The number of nitrogens with zero attached hydrogens (tertiary/aromatic N) is 2. The van der Waals surface area contributed by atoms with Gasteiger partial charge in [-0.25, -0.2) is 0 Å². The van der Waals surface area contributed by atoms with Gasteiger partial charge < -0.3 is 19.2 Å². The highest BCUT2D eigenvalue weighted by Gasteiger charge is 2.09. The Morgan fingerprint density at radius 3 is 2.67 bits per heavy atom. The lowest BCUT2D eigenvalue weighted by Gasteiger charge is -2.08. The number of aryl methyl sites for hydroxylation is 1. The van der Waals surface area contributed by atoms with E-state index in [4.69, 9.17) is 13.9 Å². The Bertz CT molecular complexity index is 890. The first-order valence-electron chi connectivity index (χ1n) is 8.67. The molecule has 0 fully saturated rings. The molecule has 3 rings (SSSR count). The smallest absolute Gasteiger partial charge is 0.262 e. The van der Waals surface area contributed by atoms with Crippen LogP contribution in [0.15, 0.2) is 52.9 Å². The molecule has 7 heteroatoms. The van der Waals surface area contributed by atoms with Gasteiger partial charge in [-0.2, -0.15) is 0 Å². The number of hydrogen-bond donors (Lipinski definition) is 1. The predicted molar refractivity (Wildman–Crippen MR) is 101 cm³/mol. The normalized spacial score (nSPS) is 10.4. The van der Waals surface area contributed by atoms with Crippen LogP contribution < -0.4 is 14.8 Å². The van der Waals surface area contributed by atoms with Crippen LogP contribution in [0.2, 0.25) is 0 Å². The number of methoxy groups -OCH3 is 1. The van der Waals surface area contributed by atoms with Gasteiger partial charge in [-0.05, 0) is 42.8 Å². The molecule has 0 aliphatic rings. The van der Waals surface area contributed by atoms with E-state index in [-0.39, 0.29) is 12.5 Å². The molecular formula is C20H21N3O4. The Morgan fingerprint density at radius 2 is 1.93 bits per heavy atom. The van der Waals surface area contributed by atoms with Gasteiger partial charge >= 0.3 is 0 Å². The van der Waals surface area contributed by atoms with Crippen LogP contribution in [0, 0.1) is 0 Å². The van der Waals surface area contributed by atoms with Gasteiger partial charge in [0.2, 0.25) is 11.8 Å². The van der Waals surface area contributed by atoms with Crippen LogP contribution in [-0.2, 0) is 11.2 Å². The molecule has 27 heavy (non-hydrogen) atoms. The van der Waals surface area contributed by atoms with E-state index in [9.17, 15) is 4.79 Å². The molecule has 0 unspecified atom stereocenters. The van der Waals surface area contributed by atoms with E-state index in [1.165, 1.54) is 0 Å². The lowest BCUT2D eigenvalue weighted by atomic mass is 10.2. The second-order valence-corrected chi connectivity index (χ2v) is 5.84. The standard InChI is InChI=1S/C20H21N3O4/c1-3-5-19-22-23-20(27-19)14-8-10-16(11-9-14)26-13-18(24)21-15-6-4-7-17(12-15)25-2/h4,6-12H,3,5,13H2,1-2H3,(H,21,24). The summed E-state index contributed by atoms with van der Waals surface area (Å²) in [6.07, 6.45) is 1.71. The fraction of sp³-hybridized carbons (Fsp3) is 0.250. The van der Waals surface area contributed by atoms with Crippen LogP contribution in [0.3, 0.4) is 0 Å². The van der Waals surface area contributed by atoms with Gasteiger partial charge in [-0.15, -0.1) is 10.2 Å². The van der Waals surface area contributed by atoms with Crippen molar-refractivity contribution in [2.45, 2.75) is 19.8 Å². The number of nitrogens with one attached hydrogen (secondary N) is 1. The van der Waals surface area contributed by atoms with Gasteiger partial charge in [-0.3, -0.25) is 4.79 Å². The minimum Gasteiger partial charge on any atom is -0.497 e. The number of anilines is 1. The number of carbonyl (C=O) groups is 1. The van der Waals surface area contributed by atoms with Crippen molar-refractivity contribution in [2.75, 3.05) is 19.0 Å². The van der Waals surface area contributed by atoms with E-state index in [0.717, 1.165) is 18.4 Å². The summed E-state index contributed by atoms with van der Waals surface area (Å²) in [7, 11) is 1.58. The third-order valence-corrected chi connectivity index (χ3v) is 3.76. The molecule has 0 spiro atoms. The number of benzene rings is 2. The van der Waals surface area contributed by atoms with E-state index >= 15 is 0 Å². The summed E-state index contributed by atoms with van der Waals surface area (Å²) in [4.78, 5) is 12.0. The SMILES string of the molecule is CCCc1nnc(-c2ccc(OCC(=O)Nc3cccc(OC)c3)cc2)o1. The average molecular weight is 367 g/mol. The number of amides is 1. The number of ether oxygens (including phenoxy) is 2. The average Bonchev–Trinajstić information content (AvgIpc) is 3.16. The Hall–Kier alpha value is -3.35. The van der Waals surface area contributed by atoms with Gasteiger partial charge in [0.15, 0.2) is 6.61 Å². The van der Waals surface area contributed by atoms with Crippen molar-refractivity contribution in [1.29, 1.82) is 0 Å². The quantitative estimate of drug-likeness (QED) is 0.653. The van der Waals surface area contributed by atoms with Gasteiger partial charge in [0.1, 0.15) is 11.5 Å². The Morgan fingerprint density at radius 1 is 1.11 bits per heavy atom. The molecule has 1 N–H and O–H groups in total. The van der Waals surface area contributed by atoms with Crippen molar-refractivity contribution in [2.24, 2.45) is 0 Å². The lowest BCUT2D eigenvalue weighted by molar-refractivity contribution is -0.118. The van der Waals surface area contributed by atoms with Crippen molar-refractivity contribution < 1.29 is 18.7 Å². The first kappa shape index (κ1) is 18.4. The third kappa shape index (κ3) is 5.07. The summed E-state index contributed by atoms with van der Waals surface area (Å²) in [6, 6.07) is 14.3. The minimum atomic E-state index is -0.256. The second kappa shape index (κ2) is 8.84. The molecule has 2 aromatic carbocycles. The molecule has 0 saturated carbocycles. The maximum Gasteiger partial charge on any atom is 0.262 e. The predicted octanol–water partition coefficient (Wildman–Crippen LogP) is 3.72. The molecule has 140 valence electrons. The van der Waals surface area contributed by atoms with Crippen molar-refractivity contribution in [3.63, 3.8) is 0 Å². The molecule has 1 aromatic heterocycles.